The highest BCUT2D eigenvalue weighted by Gasteiger charge is 2.22. The highest BCUT2D eigenvalue weighted by Crippen LogP contribution is 2.35. The molecule has 1 N–H and O–H groups in total. The maximum absolute atomic E-state index is 9.56. The quantitative estimate of drug-likeness (QED) is 0.850. The second-order valence-corrected chi connectivity index (χ2v) is 4.35. The van der Waals surface area contributed by atoms with Gasteiger partial charge in [0, 0.05) is 11.6 Å². The molecular formula is C13H18O3. The Morgan fingerprint density at radius 3 is 3.12 bits per heavy atom. The van der Waals surface area contributed by atoms with Crippen molar-refractivity contribution in [1.29, 1.82) is 0 Å². The van der Waals surface area contributed by atoms with Crippen LogP contribution in [-0.4, -0.2) is 18.3 Å². The largest absolute Gasteiger partial charge is 0.493 e. The van der Waals surface area contributed by atoms with Crippen LogP contribution in [0.2, 0.25) is 0 Å². The molecule has 1 aliphatic rings. The van der Waals surface area contributed by atoms with Gasteiger partial charge in [0.25, 0.3) is 0 Å². The molecule has 0 saturated carbocycles. The highest BCUT2D eigenvalue weighted by molar-refractivity contribution is 5.44. The minimum Gasteiger partial charge on any atom is -0.493 e. The Bertz CT molecular complexity index is 362. The van der Waals surface area contributed by atoms with Gasteiger partial charge in [-0.15, -0.1) is 0 Å². The zero-order chi connectivity index (χ0) is 11.5. The van der Waals surface area contributed by atoms with Crippen LogP contribution in [0.4, 0.5) is 0 Å². The number of benzene rings is 1. The molecule has 0 amide bonds. The average molecular weight is 222 g/mol. The molecule has 16 heavy (non-hydrogen) atoms. The Hall–Kier alpha value is -1.22. The number of aliphatic hydroxyl groups excluding tert-OH is 1. The van der Waals surface area contributed by atoms with Crippen LogP contribution in [0.5, 0.6) is 11.5 Å². The topological polar surface area (TPSA) is 38.7 Å². The van der Waals surface area contributed by atoms with Crippen LogP contribution >= 0.6 is 0 Å². The first-order valence-corrected chi connectivity index (χ1v) is 5.78. The Balaban J connectivity index is 2.02. The molecule has 0 radical (unpaired) electrons. The molecule has 2 unspecified atom stereocenters. The number of fused-ring (bicyclic) bond motifs is 1. The fourth-order valence-corrected chi connectivity index (χ4v) is 1.62. The SMILES string of the molecule is CCC(C)COc1ccc2c(c1)OCC2O. The van der Waals surface area contributed by atoms with Gasteiger partial charge in [-0.3, -0.25) is 0 Å². The molecule has 0 aliphatic carbocycles. The summed E-state index contributed by atoms with van der Waals surface area (Å²) < 4.78 is 11.0. The molecule has 0 fully saturated rings. The summed E-state index contributed by atoms with van der Waals surface area (Å²) in [6.07, 6.45) is 0.624. The van der Waals surface area contributed by atoms with E-state index in [0.29, 0.717) is 12.5 Å². The monoisotopic (exact) mass is 222 g/mol. The third kappa shape index (κ3) is 2.30. The van der Waals surface area contributed by atoms with Crippen LogP contribution in [0.3, 0.4) is 0 Å². The third-order valence-electron chi connectivity index (χ3n) is 2.97. The maximum Gasteiger partial charge on any atom is 0.129 e. The number of rotatable bonds is 4. The van der Waals surface area contributed by atoms with Gasteiger partial charge in [0.2, 0.25) is 0 Å². The maximum atomic E-state index is 9.56. The number of hydrogen-bond donors (Lipinski definition) is 1. The van der Waals surface area contributed by atoms with Gasteiger partial charge in [0.05, 0.1) is 6.61 Å². The zero-order valence-corrected chi connectivity index (χ0v) is 9.77. The third-order valence-corrected chi connectivity index (χ3v) is 2.97. The molecule has 2 rings (SSSR count). The molecule has 3 heteroatoms. The Morgan fingerprint density at radius 2 is 2.38 bits per heavy atom. The van der Waals surface area contributed by atoms with E-state index in [-0.39, 0.29) is 0 Å². The second kappa shape index (κ2) is 4.74. The van der Waals surface area contributed by atoms with E-state index in [2.05, 4.69) is 13.8 Å². The van der Waals surface area contributed by atoms with E-state index in [1.165, 1.54) is 0 Å². The normalized spacial score (nSPS) is 20.1. The van der Waals surface area contributed by atoms with E-state index < -0.39 is 6.10 Å². The van der Waals surface area contributed by atoms with E-state index >= 15 is 0 Å². The predicted molar refractivity (Wildman–Crippen MR) is 61.8 cm³/mol. The molecule has 3 nitrogen and oxygen atoms in total. The lowest BCUT2D eigenvalue weighted by Crippen LogP contribution is -2.07. The van der Waals surface area contributed by atoms with Crippen LogP contribution < -0.4 is 9.47 Å². The molecule has 0 spiro atoms. The molecular weight excluding hydrogens is 204 g/mol. The number of ether oxygens (including phenoxy) is 2. The van der Waals surface area contributed by atoms with Crippen molar-refractivity contribution < 1.29 is 14.6 Å². The van der Waals surface area contributed by atoms with Crippen molar-refractivity contribution in [2.24, 2.45) is 5.92 Å². The molecule has 1 aromatic rings. The number of hydrogen-bond acceptors (Lipinski definition) is 3. The minimum atomic E-state index is -0.487. The van der Waals surface area contributed by atoms with E-state index in [4.69, 9.17) is 9.47 Å². The van der Waals surface area contributed by atoms with Crippen LogP contribution in [0.25, 0.3) is 0 Å². The lowest BCUT2D eigenvalue weighted by atomic mass is 10.1. The molecule has 1 aliphatic heterocycles. The summed E-state index contributed by atoms with van der Waals surface area (Å²) in [6.45, 7) is 5.38. The Morgan fingerprint density at radius 1 is 1.56 bits per heavy atom. The van der Waals surface area contributed by atoms with Gasteiger partial charge in [0.1, 0.15) is 24.2 Å². The van der Waals surface area contributed by atoms with Crippen molar-refractivity contribution in [3.05, 3.63) is 23.8 Å². The molecule has 88 valence electrons. The van der Waals surface area contributed by atoms with Crippen molar-refractivity contribution >= 4 is 0 Å². The molecule has 1 aromatic carbocycles. The number of aliphatic hydroxyl groups is 1. The van der Waals surface area contributed by atoms with Crippen molar-refractivity contribution in [2.75, 3.05) is 13.2 Å². The van der Waals surface area contributed by atoms with Gasteiger partial charge in [-0.2, -0.15) is 0 Å². The first kappa shape index (κ1) is 11.3. The van der Waals surface area contributed by atoms with Crippen LogP contribution in [0.1, 0.15) is 31.9 Å². The van der Waals surface area contributed by atoms with E-state index in [0.717, 1.165) is 30.1 Å². The van der Waals surface area contributed by atoms with Gasteiger partial charge >= 0.3 is 0 Å². The molecule has 0 saturated heterocycles. The van der Waals surface area contributed by atoms with Crippen LogP contribution in [-0.2, 0) is 0 Å². The zero-order valence-electron chi connectivity index (χ0n) is 9.77. The van der Waals surface area contributed by atoms with Gasteiger partial charge < -0.3 is 14.6 Å². The molecule has 2 atom stereocenters. The minimum absolute atomic E-state index is 0.351. The fraction of sp³-hybridized carbons (Fsp3) is 0.538. The summed E-state index contributed by atoms with van der Waals surface area (Å²) in [4.78, 5) is 0. The summed E-state index contributed by atoms with van der Waals surface area (Å²) in [5.74, 6) is 2.11. The predicted octanol–water partition coefficient (Wildman–Crippen LogP) is 2.54. The second-order valence-electron chi connectivity index (χ2n) is 4.35. The molecule has 0 bridgehead atoms. The first-order chi connectivity index (χ1) is 7.70. The van der Waals surface area contributed by atoms with Gasteiger partial charge in [-0.1, -0.05) is 20.3 Å². The van der Waals surface area contributed by atoms with Gasteiger partial charge in [-0.05, 0) is 18.1 Å². The molecule has 1 heterocycles. The van der Waals surface area contributed by atoms with Gasteiger partial charge in [0.15, 0.2) is 0 Å². The van der Waals surface area contributed by atoms with Crippen molar-refractivity contribution in [3.8, 4) is 11.5 Å². The smallest absolute Gasteiger partial charge is 0.129 e. The van der Waals surface area contributed by atoms with Crippen LogP contribution in [0, 0.1) is 5.92 Å². The fourth-order valence-electron chi connectivity index (χ4n) is 1.62. The Labute approximate surface area is 96.0 Å². The Kier molecular flexibility index (Phi) is 3.34. The van der Waals surface area contributed by atoms with E-state index in [9.17, 15) is 5.11 Å². The summed E-state index contributed by atoms with van der Waals surface area (Å²) in [5.41, 5.74) is 0.857. The molecule has 0 aromatic heterocycles. The average Bonchev–Trinajstić information content (AvgIpc) is 2.67. The van der Waals surface area contributed by atoms with Crippen LogP contribution in [0.15, 0.2) is 18.2 Å². The van der Waals surface area contributed by atoms with Gasteiger partial charge in [-0.25, -0.2) is 0 Å². The summed E-state index contributed by atoms with van der Waals surface area (Å²) >= 11 is 0. The summed E-state index contributed by atoms with van der Waals surface area (Å²) in [5, 5.41) is 9.56. The van der Waals surface area contributed by atoms with E-state index in [1.54, 1.807) is 0 Å². The standard InChI is InChI=1S/C13H18O3/c1-3-9(2)7-15-10-4-5-11-12(14)8-16-13(11)6-10/h4-6,9,12,14H,3,7-8H2,1-2H3. The summed E-state index contributed by atoms with van der Waals surface area (Å²) in [7, 11) is 0. The highest BCUT2D eigenvalue weighted by atomic mass is 16.5. The van der Waals surface area contributed by atoms with Crippen molar-refractivity contribution in [2.45, 2.75) is 26.4 Å². The van der Waals surface area contributed by atoms with Crippen molar-refractivity contribution in [1.82, 2.24) is 0 Å². The first-order valence-electron chi connectivity index (χ1n) is 5.78. The lowest BCUT2D eigenvalue weighted by Gasteiger charge is -2.11. The van der Waals surface area contributed by atoms with E-state index in [1.807, 2.05) is 18.2 Å². The summed E-state index contributed by atoms with van der Waals surface area (Å²) in [6, 6.07) is 5.62. The van der Waals surface area contributed by atoms with Crippen molar-refractivity contribution in [3.63, 3.8) is 0 Å². The lowest BCUT2D eigenvalue weighted by molar-refractivity contribution is 0.140.